The Kier molecular flexibility index (Phi) is 3.81. The number of fused-ring (bicyclic) bond motifs is 2. The molecule has 0 saturated carbocycles. The van der Waals surface area contributed by atoms with E-state index in [2.05, 4.69) is 9.39 Å². The minimum absolute atomic E-state index is 0.0902. The minimum atomic E-state index is -0.436. The average Bonchev–Trinajstić information content (AvgIpc) is 3.18. The highest BCUT2D eigenvalue weighted by molar-refractivity contribution is 8.19. The van der Waals surface area contributed by atoms with Crippen LogP contribution in [0.5, 0.6) is 11.5 Å². The molecule has 122 valence electrons. The number of nitrogens with zero attached hydrogens (tertiary/aromatic N) is 3. The van der Waals surface area contributed by atoms with Gasteiger partial charge in [0.2, 0.25) is 12.0 Å². The zero-order valence-electron chi connectivity index (χ0n) is 12.6. The third-order valence-corrected chi connectivity index (χ3v) is 5.11. The molecule has 1 aromatic rings. The lowest BCUT2D eigenvalue weighted by Crippen LogP contribution is -2.41. The molecular formula is C15H12N4O3S2. The molecular weight excluding hydrogens is 348 g/mol. The van der Waals surface area contributed by atoms with E-state index in [-0.39, 0.29) is 18.2 Å². The maximum atomic E-state index is 12.3. The van der Waals surface area contributed by atoms with Crippen LogP contribution in [0.15, 0.2) is 33.2 Å². The third-order valence-electron chi connectivity index (χ3n) is 3.48. The largest absolute Gasteiger partial charge is 0.454 e. The Balaban J connectivity index is 1.69. The van der Waals surface area contributed by atoms with E-state index in [0.29, 0.717) is 21.8 Å². The number of ether oxygens (including phenoxy) is 2. The normalized spacial score (nSPS) is 20.4. The first-order chi connectivity index (χ1) is 11.7. The number of aliphatic imine (C=N–C) groups is 1. The summed E-state index contributed by atoms with van der Waals surface area (Å²) >= 11 is 2.64. The van der Waals surface area contributed by atoms with Crippen LogP contribution in [0.2, 0.25) is 0 Å². The van der Waals surface area contributed by atoms with E-state index in [4.69, 9.17) is 14.9 Å². The van der Waals surface area contributed by atoms with Gasteiger partial charge in [-0.2, -0.15) is 9.39 Å². The quantitative estimate of drug-likeness (QED) is 0.644. The van der Waals surface area contributed by atoms with Crippen molar-refractivity contribution in [3.05, 3.63) is 29.3 Å². The summed E-state index contributed by atoms with van der Waals surface area (Å²) in [5, 5.41) is 9.52. The van der Waals surface area contributed by atoms with Crippen LogP contribution in [0, 0.1) is 5.41 Å². The molecule has 1 amide bonds. The van der Waals surface area contributed by atoms with Gasteiger partial charge in [-0.3, -0.25) is 10.2 Å². The highest BCUT2D eigenvalue weighted by Crippen LogP contribution is 2.35. The molecule has 7 nitrogen and oxygen atoms in total. The number of hydrogen-bond donors (Lipinski definition) is 1. The standard InChI is InChI=1S/C15H12N4O3S2/c1-2-23-15-18-24-14-17-13(20)9(12(16)19(14)15)5-8-3-4-10-11(6-8)22-7-21-10/h3-6,16H,2,7H2,1H3. The van der Waals surface area contributed by atoms with E-state index < -0.39 is 5.91 Å². The summed E-state index contributed by atoms with van der Waals surface area (Å²) in [6.07, 6.45) is 1.64. The Hall–Kier alpha value is -2.26. The molecule has 0 atom stereocenters. The Morgan fingerprint density at radius 1 is 1.42 bits per heavy atom. The van der Waals surface area contributed by atoms with E-state index in [9.17, 15) is 4.79 Å². The molecule has 1 aromatic carbocycles. The lowest BCUT2D eigenvalue weighted by atomic mass is 10.1. The zero-order valence-corrected chi connectivity index (χ0v) is 14.2. The van der Waals surface area contributed by atoms with Gasteiger partial charge in [0, 0.05) is 0 Å². The van der Waals surface area contributed by atoms with Crippen molar-refractivity contribution in [3.8, 4) is 11.5 Å². The SMILES string of the molecule is CCSC1=NSC2=NC(=O)C(=Cc3ccc4c(c3)OCO4)C(=N)N12. The summed E-state index contributed by atoms with van der Waals surface area (Å²) in [6, 6.07) is 5.38. The molecule has 3 aliphatic rings. The molecule has 0 saturated heterocycles. The van der Waals surface area contributed by atoms with Crippen molar-refractivity contribution in [1.82, 2.24) is 4.90 Å². The molecule has 0 spiro atoms. The maximum absolute atomic E-state index is 12.3. The van der Waals surface area contributed by atoms with E-state index in [1.807, 2.05) is 13.0 Å². The fraction of sp³-hybridized carbons (Fsp3) is 0.200. The van der Waals surface area contributed by atoms with Crippen LogP contribution in [0.25, 0.3) is 6.08 Å². The molecule has 9 heteroatoms. The van der Waals surface area contributed by atoms with Gasteiger partial charge >= 0.3 is 0 Å². The second kappa shape index (κ2) is 5.99. The number of amides is 1. The van der Waals surface area contributed by atoms with Crippen molar-refractivity contribution in [2.75, 3.05) is 12.5 Å². The fourth-order valence-electron chi connectivity index (χ4n) is 2.39. The summed E-state index contributed by atoms with van der Waals surface area (Å²) < 4.78 is 14.9. The van der Waals surface area contributed by atoms with Gasteiger partial charge in [0.15, 0.2) is 16.7 Å². The Morgan fingerprint density at radius 3 is 3.08 bits per heavy atom. The summed E-state index contributed by atoms with van der Waals surface area (Å²) in [5.74, 6) is 1.78. The first kappa shape index (κ1) is 15.3. The minimum Gasteiger partial charge on any atom is -0.454 e. The van der Waals surface area contributed by atoms with Crippen LogP contribution < -0.4 is 9.47 Å². The molecule has 0 radical (unpaired) electrons. The van der Waals surface area contributed by atoms with Gasteiger partial charge in [0.1, 0.15) is 5.84 Å². The van der Waals surface area contributed by atoms with Crippen LogP contribution in [-0.4, -0.2) is 39.5 Å². The van der Waals surface area contributed by atoms with E-state index in [1.54, 1.807) is 23.1 Å². The molecule has 0 bridgehead atoms. The smallest absolute Gasteiger partial charge is 0.283 e. The monoisotopic (exact) mass is 360 g/mol. The van der Waals surface area contributed by atoms with Gasteiger partial charge < -0.3 is 9.47 Å². The number of nitrogens with one attached hydrogen (secondary N) is 1. The maximum Gasteiger partial charge on any atom is 0.283 e. The van der Waals surface area contributed by atoms with Crippen LogP contribution in [0.1, 0.15) is 12.5 Å². The Labute approximate surface area is 146 Å². The lowest BCUT2D eigenvalue weighted by Gasteiger charge is -2.24. The number of carbonyl (C=O) groups excluding carboxylic acids is 1. The van der Waals surface area contributed by atoms with Crippen molar-refractivity contribution >= 4 is 51.9 Å². The fourth-order valence-corrected chi connectivity index (χ4v) is 3.96. The molecule has 3 heterocycles. The van der Waals surface area contributed by atoms with Crippen LogP contribution in [0.3, 0.4) is 0 Å². The van der Waals surface area contributed by atoms with Crippen LogP contribution in [0.4, 0.5) is 0 Å². The van der Waals surface area contributed by atoms with Gasteiger partial charge in [0.25, 0.3) is 5.91 Å². The summed E-state index contributed by atoms with van der Waals surface area (Å²) in [4.78, 5) is 18.0. The Bertz CT molecular complexity index is 847. The zero-order chi connectivity index (χ0) is 16.7. The van der Waals surface area contributed by atoms with Crippen molar-refractivity contribution in [2.45, 2.75) is 6.92 Å². The van der Waals surface area contributed by atoms with E-state index in [0.717, 1.165) is 23.3 Å². The molecule has 0 fully saturated rings. The highest BCUT2D eigenvalue weighted by Gasteiger charge is 2.37. The topological polar surface area (TPSA) is 87.3 Å². The number of carbonyl (C=O) groups is 1. The van der Waals surface area contributed by atoms with Crippen LogP contribution >= 0.6 is 23.7 Å². The van der Waals surface area contributed by atoms with Crippen molar-refractivity contribution in [3.63, 3.8) is 0 Å². The summed E-state index contributed by atoms with van der Waals surface area (Å²) in [6.45, 7) is 2.20. The van der Waals surface area contributed by atoms with Crippen LogP contribution in [-0.2, 0) is 4.79 Å². The second-order valence-electron chi connectivity index (χ2n) is 4.95. The van der Waals surface area contributed by atoms with E-state index >= 15 is 0 Å². The van der Waals surface area contributed by atoms with Gasteiger partial charge in [-0.05, 0) is 29.5 Å². The number of amidine groups is 3. The number of rotatable bonds is 2. The molecule has 0 aliphatic carbocycles. The van der Waals surface area contributed by atoms with Crippen molar-refractivity contribution in [2.24, 2.45) is 9.39 Å². The van der Waals surface area contributed by atoms with Crippen molar-refractivity contribution in [1.29, 1.82) is 5.41 Å². The first-order valence-electron chi connectivity index (χ1n) is 7.18. The first-order valence-corrected chi connectivity index (χ1v) is 8.94. The van der Waals surface area contributed by atoms with Gasteiger partial charge in [-0.1, -0.05) is 24.8 Å². The molecule has 3 aliphatic heterocycles. The number of benzene rings is 1. The molecule has 24 heavy (non-hydrogen) atoms. The van der Waals surface area contributed by atoms with Gasteiger partial charge in [-0.15, -0.1) is 0 Å². The average molecular weight is 360 g/mol. The van der Waals surface area contributed by atoms with Crippen molar-refractivity contribution < 1.29 is 14.3 Å². The molecule has 1 N–H and O–H groups in total. The molecule has 0 aromatic heterocycles. The summed E-state index contributed by atoms with van der Waals surface area (Å²) in [7, 11) is 0. The van der Waals surface area contributed by atoms with E-state index in [1.165, 1.54) is 11.8 Å². The number of thioether (sulfide) groups is 1. The molecule has 4 rings (SSSR count). The molecule has 0 unspecified atom stereocenters. The predicted molar refractivity (Wildman–Crippen MR) is 95.7 cm³/mol. The highest BCUT2D eigenvalue weighted by atomic mass is 32.2. The Morgan fingerprint density at radius 2 is 2.25 bits per heavy atom. The third kappa shape index (κ3) is 2.49. The second-order valence-corrected chi connectivity index (χ2v) is 6.91. The number of hydrogen-bond acceptors (Lipinski definition) is 7. The lowest BCUT2D eigenvalue weighted by molar-refractivity contribution is -0.114. The van der Waals surface area contributed by atoms with Gasteiger partial charge in [-0.25, -0.2) is 4.90 Å². The predicted octanol–water partition coefficient (Wildman–Crippen LogP) is 2.75. The summed E-state index contributed by atoms with van der Waals surface area (Å²) in [5.41, 5.74) is 0.976. The van der Waals surface area contributed by atoms with Gasteiger partial charge in [0.05, 0.1) is 17.5 Å².